The van der Waals surface area contributed by atoms with E-state index in [1.165, 1.54) is 4.90 Å². The van der Waals surface area contributed by atoms with Crippen LogP contribution in [0, 0.1) is 13.8 Å². The maximum Gasteiger partial charge on any atom is 0.282 e. The first kappa shape index (κ1) is 23.1. The summed E-state index contributed by atoms with van der Waals surface area (Å²) in [5, 5.41) is 3.19. The number of amides is 2. The Morgan fingerprint density at radius 3 is 2.24 bits per heavy atom. The monoisotopic (exact) mass is 456 g/mol. The molecule has 0 unspecified atom stereocenters. The number of rotatable bonds is 7. The van der Waals surface area contributed by atoms with E-state index in [4.69, 9.17) is 9.47 Å². The Bertz CT molecular complexity index is 1280. The highest BCUT2D eigenvalue weighted by molar-refractivity contribution is 6.46. The molecule has 0 aliphatic carbocycles. The average molecular weight is 457 g/mol. The highest BCUT2D eigenvalue weighted by Gasteiger charge is 2.41. The first-order chi connectivity index (χ1) is 16.3. The first-order valence-corrected chi connectivity index (χ1v) is 11.2. The van der Waals surface area contributed by atoms with E-state index in [0.29, 0.717) is 22.7 Å². The van der Waals surface area contributed by atoms with Gasteiger partial charge in [-0.15, -0.1) is 0 Å². The third kappa shape index (κ3) is 4.27. The highest BCUT2D eigenvalue weighted by atomic mass is 16.5. The van der Waals surface area contributed by atoms with Crippen molar-refractivity contribution in [2.24, 2.45) is 0 Å². The van der Waals surface area contributed by atoms with Crippen LogP contribution in [0.15, 0.2) is 72.4 Å². The predicted octanol–water partition coefficient (Wildman–Crippen LogP) is 5.50. The second-order valence-corrected chi connectivity index (χ2v) is 8.43. The molecule has 6 nitrogen and oxygen atoms in total. The number of para-hydroxylation sites is 1. The molecule has 1 aliphatic rings. The van der Waals surface area contributed by atoms with Crippen LogP contribution in [0.4, 0.5) is 11.4 Å². The number of methoxy groups -OCH3 is 1. The topological polar surface area (TPSA) is 67.9 Å². The van der Waals surface area contributed by atoms with Gasteiger partial charge in [-0.3, -0.25) is 9.59 Å². The van der Waals surface area contributed by atoms with Gasteiger partial charge in [0.25, 0.3) is 11.8 Å². The molecule has 0 spiro atoms. The van der Waals surface area contributed by atoms with E-state index in [9.17, 15) is 9.59 Å². The maximum atomic E-state index is 13.8. The van der Waals surface area contributed by atoms with Crippen molar-refractivity contribution >= 4 is 28.8 Å². The third-order valence-electron chi connectivity index (χ3n) is 5.77. The number of nitrogens with zero attached hydrogens (tertiary/aromatic N) is 1. The summed E-state index contributed by atoms with van der Waals surface area (Å²) in [6, 6.07) is 20.1. The predicted molar refractivity (Wildman–Crippen MR) is 134 cm³/mol. The van der Waals surface area contributed by atoms with Crippen molar-refractivity contribution in [3.8, 4) is 11.5 Å². The summed E-state index contributed by atoms with van der Waals surface area (Å²) in [7, 11) is 1.55. The lowest BCUT2D eigenvalue weighted by Crippen LogP contribution is -2.33. The molecule has 1 heterocycles. The van der Waals surface area contributed by atoms with Crippen LogP contribution >= 0.6 is 0 Å². The lowest BCUT2D eigenvalue weighted by Gasteiger charge is -2.19. The number of nitrogens with one attached hydrogen (secondary N) is 1. The number of ether oxygens (including phenoxy) is 2. The second-order valence-electron chi connectivity index (χ2n) is 8.43. The Balaban J connectivity index is 1.81. The second kappa shape index (κ2) is 9.43. The van der Waals surface area contributed by atoms with Crippen LogP contribution in [-0.2, 0) is 9.59 Å². The zero-order valence-electron chi connectivity index (χ0n) is 20.0. The van der Waals surface area contributed by atoms with Crippen LogP contribution in [0.3, 0.4) is 0 Å². The van der Waals surface area contributed by atoms with Gasteiger partial charge in [-0.1, -0.05) is 30.3 Å². The zero-order valence-corrected chi connectivity index (χ0v) is 20.0. The lowest BCUT2D eigenvalue weighted by molar-refractivity contribution is -0.120. The van der Waals surface area contributed by atoms with Crippen molar-refractivity contribution in [3.63, 3.8) is 0 Å². The molecule has 0 fully saturated rings. The molecule has 4 rings (SSSR count). The van der Waals surface area contributed by atoms with E-state index < -0.39 is 11.8 Å². The van der Waals surface area contributed by atoms with Crippen LogP contribution in [0.2, 0.25) is 0 Å². The normalized spacial score (nSPS) is 13.6. The largest absolute Gasteiger partial charge is 0.496 e. The van der Waals surface area contributed by atoms with E-state index >= 15 is 0 Å². The molecule has 0 bridgehead atoms. The number of benzene rings is 3. The minimum atomic E-state index is -0.415. The molecule has 1 N–H and O–H groups in total. The molecule has 3 aromatic carbocycles. The maximum absolute atomic E-state index is 13.8. The standard InChI is InChI=1S/C28H28N2O4/c1-17(2)34-21-15-13-20(14-16-21)29-26-25(22-10-6-7-12-24(22)33-5)27(31)30(28(26)32)23-11-8-9-18(3)19(23)4/h6-17,29H,1-5H3. The molecule has 0 radical (unpaired) electrons. The fourth-order valence-electron chi connectivity index (χ4n) is 3.98. The van der Waals surface area contributed by atoms with Gasteiger partial charge in [0, 0.05) is 11.3 Å². The van der Waals surface area contributed by atoms with Crippen molar-refractivity contribution < 1.29 is 19.1 Å². The minimum Gasteiger partial charge on any atom is -0.496 e. The van der Waals surface area contributed by atoms with Gasteiger partial charge >= 0.3 is 0 Å². The van der Waals surface area contributed by atoms with E-state index in [-0.39, 0.29) is 17.4 Å². The summed E-state index contributed by atoms with van der Waals surface area (Å²) in [4.78, 5) is 28.7. The summed E-state index contributed by atoms with van der Waals surface area (Å²) in [5.74, 6) is 0.430. The SMILES string of the molecule is COc1ccccc1C1=C(Nc2ccc(OC(C)C)cc2)C(=O)N(c2cccc(C)c2C)C1=O. The molecule has 3 aromatic rings. The van der Waals surface area contributed by atoms with E-state index in [2.05, 4.69) is 5.32 Å². The number of hydrogen-bond donors (Lipinski definition) is 1. The molecule has 0 saturated heterocycles. The number of imide groups is 1. The summed E-state index contributed by atoms with van der Waals surface area (Å²) in [5.41, 5.74) is 4.14. The van der Waals surface area contributed by atoms with Crippen LogP contribution in [0.1, 0.15) is 30.5 Å². The number of aryl methyl sites for hydroxylation is 1. The summed E-state index contributed by atoms with van der Waals surface area (Å²) in [6.07, 6.45) is 0.0545. The quantitative estimate of drug-likeness (QED) is 0.476. The smallest absolute Gasteiger partial charge is 0.282 e. The van der Waals surface area contributed by atoms with E-state index in [1.807, 2.05) is 76.2 Å². The van der Waals surface area contributed by atoms with Gasteiger partial charge in [0.1, 0.15) is 17.2 Å². The summed E-state index contributed by atoms with van der Waals surface area (Å²) < 4.78 is 11.2. The third-order valence-corrected chi connectivity index (χ3v) is 5.77. The van der Waals surface area contributed by atoms with Gasteiger partial charge < -0.3 is 14.8 Å². The average Bonchev–Trinajstić information content (AvgIpc) is 3.05. The number of hydrogen-bond acceptors (Lipinski definition) is 5. The number of anilines is 2. The van der Waals surface area contributed by atoms with Gasteiger partial charge in [-0.2, -0.15) is 0 Å². The Labute approximate surface area is 199 Å². The summed E-state index contributed by atoms with van der Waals surface area (Å²) in [6.45, 7) is 7.79. The van der Waals surface area contributed by atoms with Crippen molar-refractivity contribution in [2.45, 2.75) is 33.8 Å². The van der Waals surface area contributed by atoms with Gasteiger partial charge in [-0.25, -0.2) is 4.90 Å². The fourth-order valence-corrected chi connectivity index (χ4v) is 3.98. The Hall–Kier alpha value is -4.06. The van der Waals surface area contributed by atoms with Crippen LogP contribution < -0.4 is 19.7 Å². The summed E-state index contributed by atoms with van der Waals surface area (Å²) >= 11 is 0. The Kier molecular flexibility index (Phi) is 6.41. The van der Waals surface area contributed by atoms with Crippen molar-refractivity contribution in [1.29, 1.82) is 0 Å². The number of carbonyl (C=O) groups excluding carboxylic acids is 2. The van der Waals surface area contributed by atoms with Crippen LogP contribution in [-0.4, -0.2) is 25.0 Å². The van der Waals surface area contributed by atoms with E-state index in [1.54, 1.807) is 25.3 Å². The van der Waals surface area contributed by atoms with Gasteiger partial charge in [-0.05, 0) is 75.2 Å². The molecule has 1 aliphatic heterocycles. The molecule has 34 heavy (non-hydrogen) atoms. The fraction of sp³-hybridized carbons (Fsp3) is 0.214. The molecule has 0 atom stereocenters. The zero-order chi connectivity index (χ0) is 24.4. The highest BCUT2D eigenvalue weighted by Crippen LogP contribution is 2.38. The molecule has 0 saturated carbocycles. The van der Waals surface area contributed by atoms with Crippen molar-refractivity contribution in [3.05, 3.63) is 89.1 Å². The molecule has 6 heteroatoms. The molecule has 0 aromatic heterocycles. The van der Waals surface area contributed by atoms with Crippen molar-refractivity contribution in [2.75, 3.05) is 17.3 Å². The van der Waals surface area contributed by atoms with Gasteiger partial charge in [0.2, 0.25) is 0 Å². The van der Waals surface area contributed by atoms with Crippen LogP contribution in [0.5, 0.6) is 11.5 Å². The first-order valence-electron chi connectivity index (χ1n) is 11.2. The minimum absolute atomic E-state index is 0.0545. The Morgan fingerprint density at radius 1 is 0.853 bits per heavy atom. The van der Waals surface area contributed by atoms with Gasteiger partial charge in [0.05, 0.1) is 24.5 Å². The Morgan fingerprint density at radius 2 is 1.56 bits per heavy atom. The number of carbonyl (C=O) groups is 2. The molecule has 174 valence electrons. The van der Waals surface area contributed by atoms with E-state index in [0.717, 1.165) is 16.9 Å². The molecular weight excluding hydrogens is 428 g/mol. The lowest BCUT2D eigenvalue weighted by atomic mass is 10.0. The van der Waals surface area contributed by atoms with Crippen molar-refractivity contribution in [1.82, 2.24) is 0 Å². The molecule has 2 amide bonds. The molecular formula is C28H28N2O4. The van der Waals surface area contributed by atoms with Crippen LogP contribution in [0.25, 0.3) is 5.57 Å². The van der Waals surface area contributed by atoms with Gasteiger partial charge in [0.15, 0.2) is 0 Å².